The first-order chi connectivity index (χ1) is 18.4. The van der Waals surface area contributed by atoms with Gasteiger partial charge in [-0.2, -0.15) is 0 Å². The molecule has 0 radical (unpaired) electrons. The summed E-state index contributed by atoms with van der Waals surface area (Å²) < 4.78 is 16.9. The maximum Gasteiger partial charge on any atom is 0.301 e. The summed E-state index contributed by atoms with van der Waals surface area (Å²) in [7, 11) is 2.89. The van der Waals surface area contributed by atoms with Crippen LogP contribution in [0.5, 0.6) is 23.0 Å². The fraction of sp³-hybridized carbons (Fsp3) is 0.179. The van der Waals surface area contributed by atoms with E-state index in [1.165, 1.54) is 42.6 Å². The zero-order chi connectivity index (χ0) is 27.0. The number of aromatic hydroxyl groups is 1. The standard InChI is InChI=1S/C28H24N2O7S/c1-4-37-18-9-10-19-22(14-18)38-28(29-19)30-24(15-8-11-20(31)21(13-15)36-3)23(26(33)27(30)34)25(32)16-6-5-7-17(12-16)35-2/h5-14,24,31-32H,4H2,1-3H3. The molecule has 0 bridgehead atoms. The second-order valence-corrected chi connectivity index (χ2v) is 9.40. The fourth-order valence-electron chi connectivity index (χ4n) is 4.39. The molecule has 194 valence electrons. The highest BCUT2D eigenvalue weighted by Gasteiger charge is 2.48. The monoisotopic (exact) mass is 532 g/mol. The number of hydrogen-bond acceptors (Lipinski definition) is 9. The van der Waals surface area contributed by atoms with Gasteiger partial charge in [-0.3, -0.25) is 14.5 Å². The van der Waals surface area contributed by atoms with Gasteiger partial charge in [0.2, 0.25) is 0 Å². The number of carbonyl (C=O) groups is 2. The van der Waals surface area contributed by atoms with Crippen LogP contribution in [-0.4, -0.2) is 47.7 Å². The van der Waals surface area contributed by atoms with Gasteiger partial charge in [0.25, 0.3) is 5.78 Å². The highest BCUT2D eigenvalue weighted by Crippen LogP contribution is 2.46. The average Bonchev–Trinajstić information content (AvgIpc) is 3.46. The number of ether oxygens (including phenoxy) is 3. The van der Waals surface area contributed by atoms with Crippen molar-refractivity contribution >= 4 is 44.1 Å². The number of thiazole rings is 1. The molecule has 0 saturated carbocycles. The number of fused-ring (bicyclic) bond motifs is 1. The normalized spacial score (nSPS) is 16.7. The van der Waals surface area contributed by atoms with Crippen LogP contribution in [0.15, 0.2) is 66.2 Å². The number of phenolic OH excluding ortho intramolecular Hbond substituents is 1. The first kappa shape index (κ1) is 25.1. The van der Waals surface area contributed by atoms with Crippen LogP contribution in [0.1, 0.15) is 24.1 Å². The molecule has 5 rings (SSSR count). The van der Waals surface area contributed by atoms with Gasteiger partial charge in [0.05, 0.1) is 42.7 Å². The number of hydrogen-bond donors (Lipinski definition) is 2. The second-order valence-electron chi connectivity index (χ2n) is 8.39. The number of ketones is 1. The summed E-state index contributed by atoms with van der Waals surface area (Å²) in [6, 6.07) is 15.4. The third-order valence-corrected chi connectivity index (χ3v) is 7.19. The number of aromatic nitrogens is 1. The molecule has 3 aromatic carbocycles. The molecule has 0 aliphatic carbocycles. The zero-order valence-corrected chi connectivity index (χ0v) is 21.6. The molecule has 1 amide bonds. The SMILES string of the molecule is CCOc1ccc2nc(N3C(=O)C(=O)C(=C(O)c4cccc(OC)c4)C3c3ccc(O)c(OC)c3)sc2c1. The highest BCUT2D eigenvalue weighted by molar-refractivity contribution is 7.22. The Morgan fingerprint density at radius 1 is 1.03 bits per heavy atom. The largest absolute Gasteiger partial charge is 0.507 e. The molecular formula is C28H24N2O7S. The van der Waals surface area contributed by atoms with E-state index in [1.54, 1.807) is 42.5 Å². The van der Waals surface area contributed by atoms with Crippen LogP contribution in [0.3, 0.4) is 0 Å². The predicted molar refractivity (Wildman–Crippen MR) is 143 cm³/mol. The topological polar surface area (TPSA) is 118 Å². The van der Waals surface area contributed by atoms with Crippen molar-refractivity contribution in [2.75, 3.05) is 25.7 Å². The average molecular weight is 533 g/mol. The Balaban J connectivity index is 1.72. The van der Waals surface area contributed by atoms with E-state index < -0.39 is 17.7 Å². The second kappa shape index (κ2) is 10.1. The number of nitrogens with zero attached hydrogens (tertiary/aromatic N) is 2. The van der Waals surface area contributed by atoms with Crippen molar-refractivity contribution in [3.05, 3.63) is 77.4 Å². The molecule has 10 heteroatoms. The molecule has 1 saturated heterocycles. The summed E-state index contributed by atoms with van der Waals surface area (Å²) in [6.45, 7) is 2.38. The van der Waals surface area contributed by atoms with Gasteiger partial charge >= 0.3 is 5.91 Å². The summed E-state index contributed by atoms with van der Waals surface area (Å²) >= 11 is 1.22. The molecule has 4 aromatic rings. The molecule has 38 heavy (non-hydrogen) atoms. The quantitative estimate of drug-likeness (QED) is 0.193. The predicted octanol–water partition coefficient (Wildman–Crippen LogP) is 5.04. The zero-order valence-electron chi connectivity index (χ0n) is 20.8. The lowest BCUT2D eigenvalue weighted by Gasteiger charge is -2.23. The van der Waals surface area contributed by atoms with Crippen molar-refractivity contribution in [2.24, 2.45) is 0 Å². The smallest absolute Gasteiger partial charge is 0.301 e. The van der Waals surface area contributed by atoms with E-state index in [2.05, 4.69) is 4.98 Å². The number of benzene rings is 3. The Hall–Kier alpha value is -4.57. The van der Waals surface area contributed by atoms with Crippen molar-refractivity contribution in [3.8, 4) is 23.0 Å². The van der Waals surface area contributed by atoms with Crippen molar-refractivity contribution in [2.45, 2.75) is 13.0 Å². The number of Topliss-reactive ketones (excluding diaryl/α,β-unsaturated/α-hetero) is 1. The number of amides is 1. The molecular weight excluding hydrogens is 508 g/mol. The first-order valence-corrected chi connectivity index (χ1v) is 12.5. The van der Waals surface area contributed by atoms with E-state index in [0.29, 0.717) is 34.7 Å². The molecule has 9 nitrogen and oxygen atoms in total. The number of phenols is 1. The summed E-state index contributed by atoms with van der Waals surface area (Å²) in [5.41, 5.74) is 1.26. The van der Waals surface area contributed by atoms with E-state index in [4.69, 9.17) is 14.2 Å². The van der Waals surface area contributed by atoms with Crippen LogP contribution >= 0.6 is 11.3 Å². The van der Waals surface area contributed by atoms with Gasteiger partial charge in [0.15, 0.2) is 16.6 Å². The number of rotatable bonds is 7. The lowest BCUT2D eigenvalue weighted by molar-refractivity contribution is -0.132. The third kappa shape index (κ3) is 4.28. The van der Waals surface area contributed by atoms with Crippen molar-refractivity contribution in [1.82, 2.24) is 4.98 Å². The Labute approximate surface area is 222 Å². The molecule has 2 N–H and O–H groups in total. The van der Waals surface area contributed by atoms with Crippen molar-refractivity contribution < 1.29 is 34.0 Å². The van der Waals surface area contributed by atoms with E-state index >= 15 is 0 Å². The molecule has 2 heterocycles. The molecule has 1 aliphatic rings. The summed E-state index contributed by atoms with van der Waals surface area (Å²) in [5, 5.41) is 21.8. The Bertz CT molecular complexity index is 1590. The minimum Gasteiger partial charge on any atom is -0.507 e. The van der Waals surface area contributed by atoms with Crippen LogP contribution in [-0.2, 0) is 9.59 Å². The third-order valence-electron chi connectivity index (χ3n) is 6.17. The van der Waals surface area contributed by atoms with Crippen LogP contribution in [0, 0.1) is 0 Å². The number of methoxy groups -OCH3 is 2. The van der Waals surface area contributed by atoms with Crippen LogP contribution < -0.4 is 19.1 Å². The minimum absolute atomic E-state index is 0.107. The maximum absolute atomic E-state index is 13.5. The van der Waals surface area contributed by atoms with Gasteiger partial charge in [-0.05, 0) is 55.0 Å². The molecule has 0 spiro atoms. The Morgan fingerprint density at radius 3 is 2.58 bits per heavy atom. The van der Waals surface area contributed by atoms with Gasteiger partial charge in [-0.25, -0.2) is 4.98 Å². The Kier molecular flexibility index (Phi) is 6.64. The number of aliphatic hydroxyl groups is 1. The van der Waals surface area contributed by atoms with E-state index in [-0.39, 0.29) is 28.0 Å². The van der Waals surface area contributed by atoms with Crippen LogP contribution in [0.4, 0.5) is 5.13 Å². The molecule has 1 aromatic heterocycles. The lowest BCUT2D eigenvalue weighted by atomic mass is 9.95. The summed E-state index contributed by atoms with van der Waals surface area (Å²) in [6.07, 6.45) is 0. The van der Waals surface area contributed by atoms with Crippen LogP contribution in [0.25, 0.3) is 16.0 Å². The van der Waals surface area contributed by atoms with Gasteiger partial charge in [0.1, 0.15) is 17.3 Å². The van der Waals surface area contributed by atoms with Crippen LogP contribution in [0.2, 0.25) is 0 Å². The lowest BCUT2D eigenvalue weighted by Crippen LogP contribution is -2.29. The molecule has 1 atom stereocenters. The van der Waals surface area contributed by atoms with E-state index in [1.807, 2.05) is 13.0 Å². The molecule has 1 fully saturated rings. The number of aliphatic hydroxyl groups excluding tert-OH is 1. The van der Waals surface area contributed by atoms with Crippen molar-refractivity contribution in [3.63, 3.8) is 0 Å². The maximum atomic E-state index is 13.5. The Morgan fingerprint density at radius 2 is 1.84 bits per heavy atom. The molecule has 1 unspecified atom stereocenters. The minimum atomic E-state index is -1.04. The van der Waals surface area contributed by atoms with Gasteiger partial charge in [-0.15, -0.1) is 0 Å². The number of anilines is 1. The van der Waals surface area contributed by atoms with E-state index in [0.717, 1.165) is 4.70 Å². The summed E-state index contributed by atoms with van der Waals surface area (Å²) in [5.74, 6) is -0.879. The highest BCUT2D eigenvalue weighted by atomic mass is 32.1. The van der Waals surface area contributed by atoms with E-state index in [9.17, 15) is 19.8 Å². The van der Waals surface area contributed by atoms with Gasteiger partial charge in [-0.1, -0.05) is 29.5 Å². The van der Waals surface area contributed by atoms with Gasteiger partial charge < -0.3 is 24.4 Å². The van der Waals surface area contributed by atoms with Gasteiger partial charge in [0, 0.05) is 5.56 Å². The molecule has 1 aliphatic heterocycles. The number of carbonyl (C=O) groups excluding carboxylic acids is 2. The fourth-order valence-corrected chi connectivity index (χ4v) is 5.41. The van der Waals surface area contributed by atoms with Crippen molar-refractivity contribution in [1.29, 1.82) is 0 Å². The first-order valence-electron chi connectivity index (χ1n) is 11.7. The summed E-state index contributed by atoms with van der Waals surface area (Å²) in [4.78, 5) is 32.8.